The summed E-state index contributed by atoms with van der Waals surface area (Å²) in [6.45, 7) is 0. The third-order valence-corrected chi connectivity index (χ3v) is 4.65. The number of hydrogen-bond acceptors (Lipinski definition) is 5. The van der Waals surface area contributed by atoms with Gasteiger partial charge in [-0.1, -0.05) is 18.2 Å². The van der Waals surface area contributed by atoms with E-state index in [1.165, 1.54) is 18.2 Å². The maximum Gasteiger partial charge on any atom is 0.391 e. The zero-order valence-electron chi connectivity index (χ0n) is 11.4. The van der Waals surface area contributed by atoms with Gasteiger partial charge in [0.25, 0.3) is 0 Å². The van der Waals surface area contributed by atoms with E-state index in [2.05, 4.69) is 9.72 Å². The smallest absolute Gasteiger partial charge is 0.391 e. The minimum atomic E-state index is -4.94. The second-order valence-electron chi connectivity index (χ2n) is 4.26. The number of aromatic nitrogens is 1. The van der Waals surface area contributed by atoms with Gasteiger partial charge in [-0.25, -0.2) is 13.2 Å². The zero-order valence-corrected chi connectivity index (χ0v) is 12.2. The number of halogens is 2. The highest BCUT2D eigenvalue weighted by Gasteiger charge is 2.49. The van der Waals surface area contributed by atoms with Crippen LogP contribution in [-0.4, -0.2) is 26.5 Å². The number of nitrogens with zero attached hydrogens (tertiary/aromatic N) is 1. The number of methoxy groups -OCH3 is 1. The van der Waals surface area contributed by atoms with Gasteiger partial charge in [0.15, 0.2) is 0 Å². The number of sulfone groups is 1. The molecule has 1 heterocycles. The van der Waals surface area contributed by atoms with Crippen LogP contribution in [0.4, 0.5) is 8.78 Å². The fourth-order valence-electron chi connectivity index (χ4n) is 1.69. The molecule has 0 saturated carbocycles. The highest BCUT2D eigenvalue weighted by atomic mass is 32.2. The molecule has 0 fully saturated rings. The molecule has 5 nitrogen and oxygen atoms in total. The Hall–Kier alpha value is -2.35. The van der Waals surface area contributed by atoms with Crippen LogP contribution >= 0.6 is 0 Å². The van der Waals surface area contributed by atoms with E-state index in [4.69, 9.17) is 0 Å². The van der Waals surface area contributed by atoms with E-state index in [1.54, 1.807) is 0 Å². The average molecular weight is 327 g/mol. The number of carbonyl (C=O) groups excluding carboxylic acids is 1. The zero-order chi connectivity index (χ0) is 16.4. The number of esters is 1. The maximum absolute atomic E-state index is 14.3. The number of hydrogen-bond donors (Lipinski definition) is 0. The molecule has 0 amide bonds. The van der Waals surface area contributed by atoms with E-state index >= 15 is 0 Å². The summed E-state index contributed by atoms with van der Waals surface area (Å²) in [7, 11) is -3.81. The van der Waals surface area contributed by atoms with E-state index in [-0.39, 0.29) is 5.56 Å². The normalized spacial score (nSPS) is 12.0. The van der Waals surface area contributed by atoms with Crippen molar-refractivity contribution in [2.75, 3.05) is 7.11 Å². The van der Waals surface area contributed by atoms with Crippen molar-refractivity contribution in [2.45, 2.75) is 10.2 Å². The molecule has 0 N–H and O–H groups in total. The Balaban J connectivity index is 2.44. The summed E-state index contributed by atoms with van der Waals surface area (Å²) in [6.07, 6.45) is 0.843. The molecule has 2 aromatic rings. The second-order valence-corrected chi connectivity index (χ2v) is 6.25. The highest BCUT2D eigenvalue weighted by Crippen LogP contribution is 2.37. The number of rotatable bonds is 4. The van der Waals surface area contributed by atoms with Crippen LogP contribution in [0.2, 0.25) is 0 Å². The summed E-state index contributed by atoms with van der Waals surface area (Å²) in [4.78, 5) is 14.1. The molecule has 2 rings (SSSR count). The van der Waals surface area contributed by atoms with Crippen molar-refractivity contribution in [3.63, 3.8) is 0 Å². The second kappa shape index (κ2) is 5.80. The van der Waals surface area contributed by atoms with Crippen molar-refractivity contribution in [1.82, 2.24) is 4.98 Å². The first-order valence-electron chi connectivity index (χ1n) is 6.03. The first-order valence-corrected chi connectivity index (χ1v) is 7.51. The molecular weight excluding hydrogens is 316 g/mol. The highest BCUT2D eigenvalue weighted by molar-refractivity contribution is 7.92. The van der Waals surface area contributed by atoms with Gasteiger partial charge in [-0.3, -0.25) is 4.98 Å². The molecule has 0 bridgehead atoms. The lowest BCUT2D eigenvalue weighted by Gasteiger charge is -2.16. The van der Waals surface area contributed by atoms with E-state index in [1.807, 2.05) is 0 Å². The van der Waals surface area contributed by atoms with Gasteiger partial charge in [0, 0.05) is 6.20 Å². The van der Waals surface area contributed by atoms with Gasteiger partial charge < -0.3 is 4.74 Å². The van der Waals surface area contributed by atoms with Crippen LogP contribution < -0.4 is 0 Å². The molecule has 0 radical (unpaired) electrons. The minimum absolute atomic E-state index is 0.0563. The Morgan fingerprint density at radius 3 is 2.27 bits per heavy atom. The number of alkyl halides is 2. The molecule has 1 aromatic carbocycles. The van der Waals surface area contributed by atoms with Gasteiger partial charge in [0.1, 0.15) is 5.69 Å². The molecule has 1 aromatic heterocycles. The number of carbonyl (C=O) groups is 1. The maximum atomic E-state index is 14.3. The van der Waals surface area contributed by atoms with Crippen molar-refractivity contribution >= 4 is 15.8 Å². The van der Waals surface area contributed by atoms with Crippen molar-refractivity contribution < 1.29 is 26.7 Å². The van der Waals surface area contributed by atoms with E-state index in [0.29, 0.717) is 0 Å². The molecule has 0 spiro atoms. The fourth-order valence-corrected chi connectivity index (χ4v) is 2.90. The molecule has 0 aliphatic carbocycles. The lowest BCUT2D eigenvalue weighted by molar-refractivity contribution is 0.0598. The number of pyridine rings is 1. The van der Waals surface area contributed by atoms with Gasteiger partial charge in [0.05, 0.1) is 17.6 Å². The third kappa shape index (κ3) is 2.69. The molecule has 0 aliphatic rings. The Kier molecular flexibility index (Phi) is 4.23. The van der Waals surface area contributed by atoms with Gasteiger partial charge in [-0.15, -0.1) is 0 Å². The summed E-state index contributed by atoms with van der Waals surface area (Å²) < 4.78 is 57.0. The third-order valence-electron chi connectivity index (χ3n) is 2.87. The predicted octanol–water partition coefficient (Wildman–Crippen LogP) is 2.39. The first kappa shape index (κ1) is 16.0. The van der Waals surface area contributed by atoms with Gasteiger partial charge in [0.2, 0.25) is 9.84 Å². The molecular formula is C14H11F2NO4S. The topological polar surface area (TPSA) is 73.3 Å². The summed E-state index contributed by atoms with van der Waals surface area (Å²) >= 11 is 0. The average Bonchev–Trinajstić information content (AvgIpc) is 2.54. The van der Waals surface area contributed by atoms with Gasteiger partial charge >= 0.3 is 11.2 Å². The monoisotopic (exact) mass is 327 g/mol. The van der Waals surface area contributed by atoms with Crippen molar-refractivity contribution in [3.05, 3.63) is 59.9 Å². The Bertz CT molecular complexity index is 774. The first-order chi connectivity index (χ1) is 10.3. The predicted molar refractivity (Wildman–Crippen MR) is 73.1 cm³/mol. The van der Waals surface area contributed by atoms with Crippen LogP contribution in [-0.2, 0) is 19.8 Å². The van der Waals surface area contributed by atoms with Crippen LogP contribution in [0.5, 0.6) is 0 Å². The SMILES string of the molecule is COC(=O)c1ccc(C(F)(F)S(=O)(=O)c2ccccc2)nc1. The van der Waals surface area contributed by atoms with Crippen molar-refractivity contribution in [1.29, 1.82) is 0 Å². The van der Waals surface area contributed by atoms with Crippen LogP contribution in [0.25, 0.3) is 0 Å². The number of benzene rings is 1. The van der Waals surface area contributed by atoms with Crippen LogP contribution in [0, 0.1) is 0 Å². The van der Waals surface area contributed by atoms with Crippen LogP contribution in [0.15, 0.2) is 53.6 Å². The Labute approximate surface area is 125 Å². The quantitative estimate of drug-likeness (QED) is 0.806. The standard InChI is InChI=1S/C14H11F2NO4S/c1-21-13(18)10-7-8-12(17-9-10)14(15,16)22(19,20)11-5-3-2-4-6-11/h2-9H,1H3. The van der Waals surface area contributed by atoms with E-state index < -0.39 is 31.7 Å². The summed E-state index contributed by atoms with van der Waals surface area (Å²) in [5.74, 6) is -0.756. The minimum Gasteiger partial charge on any atom is -0.465 e. The largest absolute Gasteiger partial charge is 0.465 e. The Morgan fingerprint density at radius 1 is 1.14 bits per heavy atom. The summed E-state index contributed by atoms with van der Waals surface area (Å²) in [5.41, 5.74) is -1.02. The number of ether oxygens (including phenoxy) is 1. The van der Waals surface area contributed by atoms with Crippen LogP contribution in [0.1, 0.15) is 16.1 Å². The molecule has 0 atom stereocenters. The van der Waals surface area contributed by atoms with Crippen LogP contribution in [0.3, 0.4) is 0 Å². The van der Waals surface area contributed by atoms with Gasteiger partial charge in [-0.2, -0.15) is 8.78 Å². The lowest BCUT2D eigenvalue weighted by Crippen LogP contribution is -2.27. The molecule has 0 unspecified atom stereocenters. The Morgan fingerprint density at radius 2 is 1.77 bits per heavy atom. The van der Waals surface area contributed by atoms with Gasteiger partial charge in [-0.05, 0) is 24.3 Å². The molecule has 0 saturated heterocycles. The lowest BCUT2D eigenvalue weighted by atomic mass is 10.2. The van der Waals surface area contributed by atoms with E-state index in [9.17, 15) is 22.0 Å². The summed E-state index contributed by atoms with van der Waals surface area (Å²) in [6, 6.07) is 8.17. The van der Waals surface area contributed by atoms with Crippen molar-refractivity contribution in [2.24, 2.45) is 0 Å². The summed E-state index contributed by atoms with van der Waals surface area (Å²) in [5, 5.41) is -4.22. The van der Waals surface area contributed by atoms with E-state index in [0.717, 1.165) is 37.6 Å². The van der Waals surface area contributed by atoms with Crippen molar-refractivity contribution in [3.8, 4) is 0 Å². The molecule has 22 heavy (non-hydrogen) atoms. The molecule has 0 aliphatic heterocycles. The molecule has 8 heteroatoms. The fraction of sp³-hybridized carbons (Fsp3) is 0.143. The molecule has 116 valence electrons.